The molecule has 0 radical (unpaired) electrons. The molecule has 0 aromatic heterocycles. The Morgan fingerprint density at radius 1 is 1.24 bits per heavy atom. The zero-order chi connectivity index (χ0) is 13.0. The minimum atomic E-state index is -1.19. The normalized spacial score (nSPS) is 11.1. The molecule has 0 heterocycles. The predicted molar refractivity (Wildman–Crippen MR) is 54.0 cm³/mol. The van der Waals surface area contributed by atoms with Gasteiger partial charge in [0.05, 0.1) is 7.11 Å². The first-order valence-corrected chi connectivity index (χ1v) is 4.43. The summed E-state index contributed by atoms with van der Waals surface area (Å²) in [6.07, 6.45) is 0.528. The second-order valence-electron chi connectivity index (χ2n) is 3.04. The molecule has 0 unspecified atom stereocenters. The van der Waals surface area contributed by atoms with E-state index in [0.29, 0.717) is 12.1 Å². The molecule has 0 amide bonds. The zero-order valence-electron chi connectivity index (χ0n) is 8.74. The fourth-order valence-electron chi connectivity index (χ4n) is 1.07. The second-order valence-corrected chi connectivity index (χ2v) is 3.04. The van der Waals surface area contributed by atoms with Gasteiger partial charge in [-0.1, -0.05) is 0 Å². The van der Waals surface area contributed by atoms with E-state index in [4.69, 9.17) is 0 Å². The van der Waals surface area contributed by atoms with Crippen molar-refractivity contribution in [3.8, 4) is 0 Å². The number of ketones is 1. The fraction of sp³-hybridized carbons (Fsp3) is 0.0909. The Hall–Kier alpha value is -2.24. The summed E-state index contributed by atoms with van der Waals surface area (Å²) in [5, 5.41) is 9.38. The third-order valence-electron chi connectivity index (χ3n) is 1.81. The van der Waals surface area contributed by atoms with Gasteiger partial charge in [-0.2, -0.15) is 0 Å². The summed E-state index contributed by atoms with van der Waals surface area (Å²) in [7, 11) is 0.993. The van der Waals surface area contributed by atoms with Crippen molar-refractivity contribution in [2.75, 3.05) is 7.11 Å². The molecule has 4 nitrogen and oxygen atoms in total. The molecular formula is C11H8F2O4. The van der Waals surface area contributed by atoms with Crippen LogP contribution in [-0.4, -0.2) is 24.0 Å². The van der Waals surface area contributed by atoms with Crippen molar-refractivity contribution < 1.29 is 28.2 Å². The van der Waals surface area contributed by atoms with E-state index >= 15 is 0 Å². The minimum absolute atomic E-state index is 0.250. The number of methoxy groups -OCH3 is 1. The highest BCUT2D eigenvalue weighted by molar-refractivity contribution is 6.39. The van der Waals surface area contributed by atoms with E-state index in [2.05, 4.69) is 4.74 Å². The lowest BCUT2D eigenvalue weighted by Gasteiger charge is -2.00. The first kappa shape index (κ1) is 12.8. The molecule has 0 bridgehead atoms. The molecule has 0 fully saturated rings. The van der Waals surface area contributed by atoms with E-state index in [1.807, 2.05) is 0 Å². The molecule has 90 valence electrons. The molecule has 0 saturated carbocycles. The standard InChI is InChI=1S/C11H8F2O4/c1-17-11(16)10(15)5-9(14)6-2-7(12)4-8(13)3-6/h2-5,14H,1H3. The molecule has 0 spiro atoms. The Bertz CT molecular complexity index is 474. The van der Waals surface area contributed by atoms with Crippen LogP contribution in [0.25, 0.3) is 5.76 Å². The van der Waals surface area contributed by atoms with E-state index < -0.39 is 29.1 Å². The van der Waals surface area contributed by atoms with Crippen LogP contribution in [0.1, 0.15) is 5.56 Å². The van der Waals surface area contributed by atoms with Gasteiger partial charge >= 0.3 is 5.97 Å². The van der Waals surface area contributed by atoms with Gasteiger partial charge in [-0.25, -0.2) is 13.6 Å². The summed E-state index contributed by atoms with van der Waals surface area (Å²) < 4.78 is 29.7. The molecule has 6 heteroatoms. The van der Waals surface area contributed by atoms with Gasteiger partial charge in [0, 0.05) is 17.7 Å². The maximum atomic E-state index is 12.8. The van der Waals surface area contributed by atoms with Gasteiger partial charge in [0.2, 0.25) is 0 Å². The summed E-state index contributed by atoms with van der Waals surface area (Å²) in [5.74, 6) is -4.86. The van der Waals surface area contributed by atoms with Crippen LogP contribution in [0.4, 0.5) is 8.78 Å². The van der Waals surface area contributed by atoms with E-state index in [1.54, 1.807) is 0 Å². The van der Waals surface area contributed by atoms with Gasteiger partial charge < -0.3 is 9.84 Å². The van der Waals surface area contributed by atoms with Crippen molar-refractivity contribution in [3.05, 3.63) is 41.5 Å². The fourth-order valence-corrected chi connectivity index (χ4v) is 1.07. The number of esters is 1. The van der Waals surface area contributed by atoms with Crippen molar-refractivity contribution >= 4 is 17.5 Å². The Labute approximate surface area is 95.1 Å². The molecule has 0 aliphatic carbocycles. The van der Waals surface area contributed by atoms with E-state index in [0.717, 1.165) is 19.2 Å². The third-order valence-corrected chi connectivity index (χ3v) is 1.81. The van der Waals surface area contributed by atoms with Crippen molar-refractivity contribution in [3.63, 3.8) is 0 Å². The SMILES string of the molecule is COC(=O)C(=O)C=C(O)c1cc(F)cc(F)c1. The smallest absolute Gasteiger partial charge is 0.378 e. The molecule has 1 aromatic rings. The minimum Gasteiger partial charge on any atom is -0.507 e. The molecule has 0 saturated heterocycles. The summed E-state index contributed by atoms with van der Waals surface area (Å²) in [6.45, 7) is 0. The van der Waals surface area contributed by atoms with Crippen LogP contribution in [0.2, 0.25) is 0 Å². The number of carbonyl (C=O) groups excluding carboxylic acids is 2. The molecule has 0 aliphatic rings. The lowest BCUT2D eigenvalue weighted by molar-refractivity contribution is -0.149. The van der Waals surface area contributed by atoms with Crippen LogP contribution in [-0.2, 0) is 14.3 Å². The molecule has 1 N–H and O–H groups in total. The molecule has 17 heavy (non-hydrogen) atoms. The maximum Gasteiger partial charge on any atom is 0.378 e. The van der Waals surface area contributed by atoms with Crippen LogP contribution in [0.3, 0.4) is 0 Å². The molecule has 0 atom stereocenters. The van der Waals surface area contributed by atoms with Crippen molar-refractivity contribution in [2.45, 2.75) is 0 Å². The quantitative estimate of drug-likeness (QED) is 0.378. The summed E-state index contributed by atoms with van der Waals surface area (Å²) >= 11 is 0. The first-order valence-electron chi connectivity index (χ1n) is 4.43. The molecule has 0 aliphatic heterocycles. The summed E-state index contributed by atoms with van der Waals surface area (Å²) in [4.78, 5) is 21.8. The van der Waals surface area contributed by atoms with Gasteiger partial charge in [-0.3, -0.25) is 4.79 Å². The third kappa shape index (κ3) is 3.37. The number of halogens is 2. The highest BCUT2D eigenvalue weighted by atomic mass is 19.1. The molecule has 1 rings (SSSR count). The lowest BCUT2D eigenvalue weighted by Crippen LogP contribution is -2.13. The number of ether oxygens (including phenoxy) is 1. The van der Waals surface area contributed by atoms with Crippen molar-refractivity contribution in [1.82, 2.24) is 0 Å². The number of aliphatic hydroxyl groups is 1. The Morgan fingerprint density at radius 3 is 2.24 bits per heavy atom. The second kappa shape index (κ2) is 5.20. The van der Waals surface area contributed by atoms with Gasteiger partial charge in [0.1, 0.15) is 17.4 Å². The van der Waals surface area contributed by atoms with Gasteiger partial charge in [-0.05, 0) is 12.1 Å². The first-order chi connectivity index (χ1) is 7.93. The monoisotopic (exact) mass is 242 g/mol. The largest absolute Gasteiger partial charge is 0.507 e. The van der Waals surface area contributed by atoms with Crippen molar-refractivity contribution in [2.24, 2.45) is 0 Å². The van der Waals surface area contributed by atoms with E-state index in [-0.39, 0.29) is 5.56 Å². The molecular weight excluding hydrogens is 234 g/mol. The van der Waals surface area contributed by atoms with Crippen LogP contribution >= 0.6 is 0 Å². The summed E-state index contributed by atoms with van der Waals surface area (Å²) in [6, 6.07) is 2.25. The number of hydrogen-bond acceptors (Lipinski definition) is 4. The predicted octanol–water partition coefficient (Wildman–Crippen LogP) is 1.61. The number of aliphatic hydroxyl groups excluding tert-OH is 1. The Balaban J connectivity index is 3.03. The summed E-state index contributed by atoms with van der Waals surface area (Å²) in [5.41, 5.74) is -0.250. The number of hydrogen-bond donors (Lipinski definition) is 1. The number of benzene rings is 1. The highest BCUT2D eigenvalue weighted by Crippen LogP contribution is 2.15. The van der Waals surface area contributed by atoms with Crippen LogP contribution < -0.4 is 0 Å². The number of carbonyl (C=O) groups is 2. The van der Waals surface area contributed by atoms with Gasteiger partial charge in [-0.15, -0.1) is 0 Å². The Kier molecular flexibility index (Phi) is 3.92. The topological polar surface area (TPSA) is 63.6 Å². The average molecular weight is 242 g/mol. The highest BCUT2D eigenvalue weighted by Gasteiger charge is 2.13. The number of rotatable bonds is 3. The van der Waals surface area contributed by atoms with Crippen molar-refractivity contribution in [1.29, 1.82) is 0 Å². The van der Waals surface area contributed by atoms with E-state index in [1.165, 1.54) is 0 Å². The maximum absolute atomic E-state index is 12.8. The zero-order valence-corrected chi connectivity index (χ0v) is 8.74. The lowest BCUT2D eigenvalue weighted by atomic mass is 10.1. The average Bonchev–Trinajstić information content (AvgIpc) is 2.26. The van der Waals surface area contributed by atoms with Crippen LogP contribution in [0.15, 0.2) is 24.3 Å². The van der Waals surface area contributed by atoms with Gasteiger partial charge in [0.15, 0.2) is 0 Å². The van der Waals surface area contributed by atoms with Crippen LogP contribution in [0, 0.1) is 11.6 Å². The Morgan fingerprint density at radius 2 is 1.76 bits per heavy atom. The molecule has 1 aromatic carbocycles. The van der Waals surface area contributed by atoms with Crippen LogP contribution in [0.5, 0.6) is 0 Å². The van der Waals surface area contributed by atoms with E-state index in [9.17, 15) is 23.5 Å². The van der Waals surface area contributed by atoms with Gasteiger partial charge in [0.25, 0.3) is 5.78 Å².